The maximum absolute atomic E-state index is 11.2. The van der Waals surface area contributed by atoms with Gasteiger partial charge in [-0.3, -0.25) is 0 Å². The van der Waals surface area contributed by atoms with E-state index in [1.807, 2.05) is 18.2 Å². The van der Waals surface area contributed by atoms with Crippen LogP contribution in [-0.2, 0) is 11.3 Å². The molecule has 1 fully saturated rings. The Bertz CT molecular complexity index is 690. The average Bonchev–Trinajstić information content (AvgIpc) is 2.72. The number of hydrogen-bond donors (Lipinski definition) is 3. The predicted molar refractivity (Wildman–Crippen MR) is 69.5 cm³/mol. The standard InChI is InChI=1S/C13H14N4O2/c14-5-13(7-19-8-13)6-15-4-9-1-2-10-11(3-9)17-12(18)16-10/h1-3,15H,4,6-8H2,(H2,16,17,18). The zero-order chi connectivity index (χ0) is 13.3. The fraction of sp³-hybridized carbons (Fsp3) is 0.385. The van der Waals surface area contributed by atoms with E-state index in [0.717, 1.165) is 16.6 Å². The van der Waals surface area contributed by atoms with Crippen LogP contribution in [0.25, 0.3) is 11.0 Å². The minimum Gasteiger partial charge on any atom is -0.378 e. The average molecular weight is 258 g/mol. The van der Waals surface area contributed by atoms with Gasteiger partial charge in [0.15, 0.2) is 0 Å². The molecule has 0 spiro atoms. The first-order valence-electron chi connectivity index (χ1n) is 6.11. The second-order valence-corrected chi connectivity index (χ2v) is 4.95. The third kappa shape index (κ3) is 2.26. The van der Waals surface area contributed by atoms with Gasteiger partial charge in [0.25, 0.3) is 0 Å². The van der Waals surface area contributed by atoms with E-state index in [-0.39, 0.29) is 11.1 Å². The summed E-state index contributed by atoms with van der Waals surface area (Å²) in [5.74, 6) is 0. The maximum Gasteiger partial charge on any atom is 0.323 e. The van der Waals surface area contributed by atoms with E-state index in [2.05, 4.69) is 21.4 Å². The molecule has 2 aromatic rings. The molecule has 3 rings (SSSR count). The van der Waals surface area contributed by atoms with Crippen molar-refractivity contribution in [2.24, 2.45) is 5.41 Å². The predicted octanol–water partition coefficient (Wildman–Crippen LogP) is 0.486. The summed E-state index contributed by atoms with van der Waals surface area (Å²) in [5.41, 5.74) is 2.10. The second kappa shape index (κ2) is 4.53. The SMILES string of the molecule is N#CC1(CNCc2ccc3[nH]c(=O)[nH]c3c2)COC1. The van der Waals surface area contributed by atoms with Crippen LogP contribution in [0, 0.1) is 16.7 Å². The number of aromatic nitrogens is 2. The number of nitrogens with zero attached hydrogens (tertiary/aromatic N) is 1. The van der Waals surface area contributed by atoms with Crippen LogP contribution >= 0.6 is 0 Å². The Morgan fingerprint density at radius 1 is 1.37 bits per heavy atom. The maximum atomic E-state index is 11.2. The smallest absolute Gasteiger partial charge is 0.323 e. The van der Waals surface area contributed by atoms with Crippen LogP contribution in [0.4, 0.5) is 0 Å². The molecule has 0 radical (unpaired) electrons. The molecule has 0 bridgehead atoms. The number of rotatable bonds is 4. The monoisotopic (exact) mass is 258 g/mol. The summed E-state index contributed by atoms with van der Waals surface area (Å²) < 4.78 is 5.09. The summed E-state index contributed by atoms with van der Waals surface area (Å²) in [6.45, 7) is 2.28. The molecule has 0 unspecified atom stereocenters. The van der Waals surface area contributed by atoms with Gasteiger partial charge in [-0.15, -0.1) is 0 Å². The Hall–Kier alpha value is -2.10. The molecule has 2 heterocycles. The van der Waals surface area contributed by atoms with Gasteiger partial charge >= 0.3 is 5.69 Å². The number of benzene rings is 1. The Morgan fingerprint density at radius 2 is 2.16 bits per heavy atom. The quantitative estimate of drug-likeness (QED) is 0.743. The lowest BCUT2D eigenvalue weighted by Crippen LogP contribution is -2.48. The van der Waals surface area contributed by atoms with Crippen LogP contribution in [0.15, 0.2) is 23.0 Å². The number of imidazole rings is 1. The first-order chi connectivity index (χ1) is 9.21. The van der Waals surface area contributed by atoms with Gasteiger partial charge in [0.1, 0.15) is 5.41 Å². The molecule has 0 saturated carbocycles. The largest absolute Gasteiger partial charge is 0.378 e. The van der Waals surface area contributed by atoms with Crippen LogP contribution in [-0.4, -0.2) is 29.7 Å². The highest BCUT2D eigenvalue weighted by Crippen LogP contribution is 2.25. The number of aromatic amines is 2. The lowest BCUT2D eigenvalue weighted by atomic mass is 9.88. The Kier molecular flexibility index (Phi) is 2.85. The first kappa shape index (κ1) is 12.0. The van der Waals surface area contributed by atoms with Gasteiger partial charge in [-0.25, -0.2) is 4.79 Å². The third-order valence-corrected chi connectivity index (χ3v) is 3.37. The highest BCUT2D eigenvalue weighted by atomic mass is 16.5. The molecule has 0 atom stereocenters. The summed E-state index contributed by atoms with van der Waals surface area (Å²) in [5, 5.41) is 12.3. The fourth-order valence-electron chi connectivity index (χ4n) is 2.19. The topological polar surface area (TPSA) is 93.7 Å². The molecule has 1 aromatic carbocycles. The van der Waals surface area contributed by atoms with Crippen LogP contribution in [0.5, 0.6) is 0 Å². The summed E-state index contributed by atoms with van der Waals surface area (Å²) in [7, 11) is 0. The summed E-state index contributed by atoms with van der Waals surface area (Å²) in [6, 6.07) is 8.05. The molecule has 1 aliphatic rings. The Morgan fingerprint density at radius 3 is 2.84 bits per heavy atom. The summed E-state index contributed by atoms with van der Waals surface area (Å²) >= 11 is 0. The van der Waals surface area contributed by atoms with Crippen LogP contribution < -0.4 is 11.0 Å². The zero-order valence-corrected chi connectivity index (χ0v) is 10.3. The Labute approximate surface area is 109 Å². The normalized spacial score (nSPS) is 17.0. The number of nitriles is 1. The summed E-state index contributed by atoms with van der Waals surface area (Å²) in [4.78, 5) is 16.6. The van der Waals surface area contributed by atoms with Crippen molar-refractivity contribution < 1.29 is 4.74 Å². The van der Waals surface area contributed by atoms with Crippen molar-refractivity contribution in [2.75, 3.05) is 19.8 Å². The van der Waals surface area contributed by atoms with Gasteiger partial charge in [0, 0.05) is 13.1 Å². The van der Waals surface area contributed by atoms with E-state index < -0.39 is 0 Å². The third-order valence-electron chi connectivity index (χ3n) is 3.37. The number of fused-ring (bicyclic) bond motifs is 1. The van der Waals surface area contributed by atoms with E-state index in [4.69, 9.17) is 10.00 Å². The lowest BCUT2D eigenvalue weighted by molar-refractivity contribution is -0.0755. The van der Waals surface area contributed by atoms with Crippen molar-refractivity contribution in [3.05, 3.63) is 34.2 Å². The first-order valence-corrected chi connectivity index (χ1v) is 6.11. The molecular formula is C13H14N4O2. The minimum atomic E-state index is -0.369. The number of nitrogens with one attached hydrogen (secondary N) is 3. The molecule has 19 heavy (non-hydrogen) atoms. The summed E-state index contributed by atoms with van der Waals surface area (Å²) in [6.07, 6.45) is 0. The number of hydrogen-bond acceptors (Lipinski definition) is 4. The van der Waals surface area contributed by atoms with Gasteiger partial charge in [-0.1, -0.05) is 6.07 Å². The number of H-pyrrole nitrogens is 2. The van der Waals surface area contributed by atoms with E-state index in [0.29, 0.717) is 26.3 Å². The van der Waals surface area contributed by atoms with E-state index >= 15 is 0 Å². The van der Waals surface area contributed by atoms with Crippen molar-refractivity contribution in [2.45, 2.75) is 6.54 Å². The molecule has 1 aliphatic heterocycles. The van der Waals surface area contributed by atoms with Gasteiger partial charge in [-0.2, -0.15) is 5.26 Å². The van der Waals surface area contributed by atoms with Crippen LogP contribution in [0.3, 0.4) is 0 Å². The molecule has 1 aromatic heterocycles. The van der Waals surface area contributed by atoms with Crippen molar-refractivity contribution in [3.63, 3.8) is 0 Å². The van der Waals surface area contributed by atoms with E-state index in [1.54, 1.807) is 0 Å². The fourth-order valence-corrected chi connectivity index (χ4v) is 2.19. The van der Waals surface area contributed by atoms with Gasteiger partial charge in [-0.05, 0) is 17.7 Å². The molecule has 1 saturated heterocycles. The zero-order valence-electron chi connectivity index (χ0n) is 10.3. The molecule has 98 valence electrons. The van der Waals surface area contributed by atoms with E-state index in [9.17, 15) is 4.79 Å². The van der Waals surface area contributed by atoms with Crippen molar-refractivity contribution in [3.8, 4) is 6.07 Å². The second-order valence-electron chi connectivity index (χ2n) is 4.95. The molecule has 0 aliphatic carbocycles. The van der Waals surface area contributed by atoms with Gasteiger partial charge in [0.2, 0.25) is 0 Å². The minimum absolute atomic E-state index is 0.199. The van der Waals surface area contributed by atoms with Crippen LogP contribution in [0.2, 0.25) is 0 Å². The van der Waals surface area contributed by atoms with Crippen molar-refractivity contribution >= 4 is 11.0 Å². The Balaban J connectivity index is 1.65. The highest BCUT2D eigenvalue weighted by Gasteiger charge is 2.38. The van der Waals surface area contributed by atoms with Gasteiger partial charge in [0.05, 0.1) is 30.3 Å². The van der Waals surface area contributed by atoms with Gasteiger partial charge < -0.3 is 20.0 Å². The lowest BCUT2D eigenvalue weighted by Gasteiger charge is -2.35. The van der Waals surface area contributed by atoms with Crippen molar-refractivity contribution in [1.82, 2.24) is 15.3 Å². The van der Waals surface area contributed by atoms with E-state index in [1.165, 1.54) is 0 Å². The molecule has 0 amide bonds. The molecule has 6 heteroatoms. The molecular weight excluding hydrogens is 244 g/mol. The van der Waals surface area contributed by atoms with Crippen LogP contribution in [0.1, 0.15) is 5.56 Å². The molecule has 3 N–H and O–H groups in total. The number of ether oxygens (including phenoxy) is 1. The molecule has 6 nitrogen and oxygen atoms in total. The highest BCUT2D eigenvalue weighted by molar-refractivity contribution is 5.74. The van der Waals surface area contributed by atoms with Crippen molar-refractivity contribution in [1.29, 1.82) is 5.26 Å².